The van der Waals surface area contributed by atoms with E-state index < -0.39 is 6.67 Å². The number of halogens is 1. The summed E-state index contributed by atoms with van der Waals surface area (Å²) >= 11 is 0. The maximum absolute atomic E-state index is 12.0. The van der Waals surface area contributed by atoms with Crippen molar-refractivity contribution in [2.75, 3.05) is 32.9 Å². The third-order valence-electron chi connectivity index (χ3n) is 1.60. The van der Waals surface area contributed by atoms with Gasteiger partial charge in [0.1, 0.15) is 6.67 Å². The van der Waals surface area contributed by atoms with Crippen LogP contribution in [0, 0.1) is 0 Å². The smallest absolute Gasteiger partial charge is 0.320 e. The van der Waals surface area contributed by atoms with Crippen LogP contribution in [0.15, 0.2) is 0 Å². The normalized spacial score (nSPS) is 10.5. The summed E-state index contributed by atoms with van der Waals surface area (Å²) in [5.74, 6) is -0.274. The Balaban J connectivity index is 3.71. The van der Waals surface area contributed by atoms with Crippen molar-refractivity contribution in [2.24, 2.45) is 0 Å². The van der Waals surface area contributed by atoms with Crippen LogP contribution in [0.4, 0.5) is 4.39 Å². The fraction of sp³-hybridized carbons (Fsp3) is 0.889. The van der Waals surface area contributed by atoms with Gasteiger partial charge < -0.3 is 4.74 Å². The van der Waals surface area contributed by atoms with Crippen LogP contribution in [0.5, 0.6) is 0 Å². The predicted molar refractivity (Wildman–Crippen MR) is 49.3 cm³/mol. The highest BCUT2D eigenvalue weighted by atomic mass is 19.1. The van der Waals surface area contributed by atoms with Crippen LogP contribution < -0.4 is 0 Å². The summed E-state index contributed by atoms with van der Waals surface area (Å²) in [5, 5.41) is 0. The summed E-state index contributed by atoms with van der Waals surface area (Å²) in [7, 11) is 0. The van der Waals surface area contributed by atoms with Crippen molar-refractivity contribution < 1.29 is 13.9 Å². The molecule has 3 nitrogen and oxygen atoms in total. The Bertz CT molecular complexity index is 136. The van der Waals surface area contributed by atoms with Gasteiger partial charge in [-0.15, -0.1) is 0 Å². The summed E-state index contributed by atoms with van der Waals surface area (Å²) < 4.78 is 16.8. The van der Waals surface area contributed by atoms with Gasteiger partial charge >= 0.3 is 5.97 Å². The van der Waals surface area contributed by atoms with E-state index in [1.54, 1.807) is 11.8 Å². The molecule has 78 valence electrons. The highest BCUT2D eigenvalue weighted by molar-refractivity contribution is 5.71. The first-order valence-electron chi connectivity index (χ1n) is 4.68. The highest BCUT2D eigenvalue weighted by Gasteiger charge is 2.09. The fourth-order valence-electron chi connectivity index (χ4n) is 1.09. The first-order chi connectivity index (χ1) is 6.24. The standard InChI is InChI=1S/C9H18FNO2/c1-3-6-11(7-5-10)8-9(12)13-4-2/h3-8H2,1-2H3. The number of carbonyl (C=O) groups is 1. The van der Waals surface area contributed by atoms with Crippen LogP contribution in [0.3, 0.4) is 0 Å². The molecule has 0 saturated heterocycles. The molecule has 0 bridgehead atoms. The highest BCUT2D eigenvalue weighted by Crippen LogP contribution is 1.93. The molecule has 0 unspecified atom stereocenters. The molecule has 0 fully saturated rings. The molecule has 0 aromatic carbocycles. The number of hydrogen-bond donors (Lipinski definition) is 0. The molecular formula is C9H18FNO2. The van der Waals surface area contributed by atoms with Crippen molar-refractivity contribution in [3.8, 4) is 0 Å². The van der Waals surface area contributed by atoms with Crippen LogP contribution in [-0.2, 0) is 9.53 Å². The molecule has 13 heavy (non-hydrogen) atoms. The SMILES string of the molecule is CCCN(CCF)CC(=O)OCC. The van der Waals surface area contributed by atoms with Gasteiger partial charge in [0.25, 0.3) is 0 Å². The molecule has 0 aromatic heterocycles. The maximum Gasteiger partial charge on any atom is 0.320 e. The van der Waals surface area contributed by atoms with Gasteiger partial charge in [-0.25, -0.2) is 4.39 Å². The Morgan fingerprint density at radius 2 is 2.08 bits per heavy atom. The lowest BCUT2D eigenvalue weighted by Gasteiger charge is -2.18. The molecule has 0 aliphatic rings. The third-order valence-corrected chi connectivity index (χ3v) is 1.60. The molecule has 4 heteroatoms. The topological polar surface area (TPSA) is 29.5 Å². The fourth-order valence-corrected chi connectivity index (χ4v) is 1.09. The van der Waals surface area contributed by atoms with Crippen LogP contribution in [0.2, 0.25) is 0 Å². The quantitative estimate of drug-likeness (QED) is 0.567. The van der Waals surface area contributed by atoms with Crippen molar-refractivity contribution in [3.05, 3.63) is 0 Å². The predicted octanol–water partition coefficient (Wildman–Crippen LogP) is 1.23. The van der Waals surface area contributed by atoms with Gasteiger partial charge in [0.2, 0.25) is 0 Å². The number of nitrogens with zero attached hydrogens (tertiary/aromatic N) is 1. The molecule has 0 amide bonds. The van der Waals surface area contributed by atoms with E-state index in [0.717, 1.165) is 13.0 Å². The van der Waals surface area contributed by atoms with Crippen molar-refractivity contribution in [3.63, 3.8) is 0 Å². The average molecular weight is 191 g/mol. The van der Waals surface area contributed by atoms with Gasteiger partial charge in [0.05, 0.1) is 13.2 Å². The number of alkyl halides is 1. The van der Waals surface area contributed by atoms with E-state index in [-0.39, 0.29) is 12.5 Å². The lowest BCUT2D eigenvalue weighted by Crippen LogP contribution is -2.33. The number of ether oxygens (including phenoxy) is 1. The molecule has 0 N–H and O–H groups in total. The molecule has 0 aliphatic carbocycles. The summed E-state index contributed by atoms with van der Waals surface area (Å²) in [6.45, 7) is 4.97. The second-order valence-electron chi connectivity index (χ2n) is 2.77. The second-order valence-corrected chi connectivity index (χ2v) is 2.77. The summed E-state index contributed by atoms with van der Waals surface area (Å²) in [5.41, 5.74) is 0. The van der Waals surface area contributed by atoms with Crippen molar-refractivity contribution in [1.29, 1.82) is 0 Å². The van der Waals surface area contributed by atoms with Gasteiger partial charge in [-0.3, -0.25) is 9.69 Å². The zero-order chi connectivity index (χ0) is 10.1. The minimum absolute atomic E-state index is 0.200. The van der Waals surface area contributed by atoms with E-state index in [9.17, 15) is 9.18 Å². The van der Waals surface area contributed by atoms with Gasteiger partial charge in [0.15, 0.2) is 0 Å². The van der Waals surface area contributed by atoms with Crippen LogP contribution in [0.1, 0.15) is 20.3 Å². The largest absolute Gasteiger partial charge is 0.465 e. The Morgan fingerprint density at radius 1 is 1.38 bits per heavy atom. The second kappa shape index (κ2) is 7.98. The first-order valence-corrected chi connectivity index (χ1v) is 4.68. The van der Waals surface area contributed by atoms with E-state index in [1.165, 1.54) is 0 Å². The Labute approximate surface area is 78.9 Å². The Kier molecular flexibility index (Phi) is 7.59. The maximum atomic E-state index is 12.0. The number of esters is 1. The molecule has 0 saturated carbocycles. The minimum Gasteiger partial charge on any atom is -0.465 e. The lowest BCUT2D eigenvalue weighted by atomic mass is 10.4. The van der Waals surface area contributed by atoms with E-state index in [1.807, 2.05) is 6.92 Å². The third kappa shape index (κ3) is 6.51. The van der Waals surface area contributed by atoms with Gasteiger partial charge in [0, 0.05) is 6.54 Å². The lowest BCUT2D eigenvalue weighted by molar-refractivity contribution is -0.144. The van der Waals surface area contributed by atoms with E-state index in [0.29, 0.717) is 13.2 Å². The average Bonchev–Trinajstić information content (AvgIpc) is 2.05. The van der Waals surface area contributed by atoms with Gasteiger partial charge in [-0.05, 0) is 19.9 Å². The summed E-state index contributed by atoms with van der Waals surface area (Å²) in [6, 6.07) is 0. The van der Waals surface area contributed by atoms with Crippen molar-refractivity contribution in [1.82, 2.24) is 4.90 Å². The van der Waals surface area contributed by atoms with Crippen LogP contribution in [-0.4, -0.2) is 43.8 Å². The molecule has 0 aliphatic heterocycles. The molecule has 0 heterocycles. The van der Waals surface area contributed by atoms with Gasteiger partial charge in [-0.1, -0.05) is 6.92 Å². The molecular weight excluding hydrogens is 173 g/mol. The monoisotopic (exact) mass is 191 g/mol. The Morgan fingerprint density at radius 3 is 2.54 bits per heavy atom. The van der Waals surface area contributed by atoms with E-state index in [4.69, 9.17) is 4.74 Å². The van der Waals surface area contributed by atoms with E-state index >= 15 is 0 Å². The van der Waals surface area contributed by atoms with E-state index in [2.05, 4.69) is 0 Å². The first kappa shape index (κ1) is 12.4. The number of rotatable bonds is 7. The zero-order valence-electron chi connectivity index (χ0n) is 8.38. The van der Waals surface area contributed by atoms with Crippen LogP contribution >= 0.6 is 0 Å². The molecule has 0 atom stereocenters. The van der Waals surface area contributed by atoms with Crippen LogP contribution in [0.25, 0.3) is 0 Å². The molecule has 0 spiro atoms. The molecule has 0 rings (SSSR count). The molecule has 0 radical (unpaired) electrons. The zero-order valence-corrected chi connectivity index (χ0v) is 8.38. The minimum atomic E-state index is -0.417. The summed E-state index contributed by atoms with van der Waals surface area (Å²) in [6.07, 6.45) is 0.916. The molecule has 0 aromatic rings. The van der Waals surface area contributed by atoms with Crippen molar-refractivity contribution in [2.45, 2.75) is 20.3 Å². The number of hydrogen-bond acceptors (Lipinski definition) is 3. The summed E-state index contributed by atoms with van der Waals surface area (Å²) in [4.78, 5) is 12.8. The van der Waals surface area contributed by atoms with Gasteiger partial charge in [-0.2, -0.15) is 0 Å². The Hall–Kier alpha value is -0.640. The number of carbonyl (C=O) groups excluding carboxylic acids is 1. The van der Waals surface area contributed by atoms with Crippen molar-refractivity contribution >= 4 is 5.97 Å².